The molecule has 0 aromatic heterocycles. The van der Waals surface area contributed by atoms with E-state index in [1.54, 1.807) is 24.3 Å². The van der Waals surface area contributed by atoms with Gasteiger partial charge in [-0.25, -0.2) is 0 Å². The molecule has 5 atom stereocenters. The molecule has 0 amide bonds. The highest BCUT2D eigenvalue weighted by Gasteiger charge is 2.43. The fraction of sp³-hybridized carbons (Fsp3) is 0.571. The third kappa shape index (κ3) is 3.11. The molecule has 1 aromatic rings. The number of hydrogen-bond donors (Lipinski definition) is 5. The van der Waals surface area contributed by atoms with Gasteiger partial charge in [0.15, 0.2) is 6.29 Å². The maximum absolute atomic E-state index is 9.99. The van der Waals surface area contributed by atoms with Crippen molar-refractivity contribution in [3.63, 3.8) is 0 Å². The molecule has 0 bridgehead atoms. The molecule has 5 N–H and O–H groups in total. The molecule has 112 valence electrons. The van der Waals surface area contributed by atoms with Crippen LogP contribution in [0.4, 0.5) is 0 Å². The first-order valence-corrected chi connectivity index (χ1v) is 6.62. The Hall–Kier alpha value is -1.18. The van der Waals surface area contributed by atoms with Gasteiger partial charge in [0, 0.05) is 5.92 Å². The molecule has 1 fully saturated rings. The number of benzene rings is 1. The van der Waals surface area contributed by atoms with Crippen LogP contribution in [0.3, 0.4) is 0 Å². The smallest absolute Gasteiger partial charge is 0.160 e. The van der Waals surface area contributed by atoms with Gasteiger partial charge < -0.3 is 30.3 Å². The Labute approximate surface area is 116 Å². The summed E-state index contributed by atoms with van der Waals surface area (Å²) in [5.41, 5.74) is 0.700. The quantitative estimate of drug-likeness (QED) is 0.503. The largest absolute Gasteiger partial charge is 0.508 e. The molecule has 0 saturated carbocycles. The number of phenols is 1. The molecule has 1 aliphatic rings. The first-order chi connectivity index (χ1) is 9.54. The Morgan fingerprint density at radius 3 is 2.40 bits per heavy atom. The lowest BCUT2D eigenvalue weighted by molar-refractivity contribution is -0.270. The average Bonchev–Trinajstić information content (AvgIpc) is 2.44. The molecule has 6 heteroatoms. The van der Waals surface area contributed by atoms with Gasteiger partial charge in [-0.2, -0.15) is 0 Å². The first-order valence-electron chi connectivity index (χ1n) is 6.62. The fourth-order valence-electron chi connectivity index (χ4n) is 2.51. The van der Waals surface area contributed by atoms with E-state index in [1.807, 2.05) is 0 Å². The average molecular weight is 284 g/mol. The van der Waals surface area contributed by atoms with E-state index in [2.05, 4.69) is 0 Å². The lowest BCUT2D eigenvalue weighted by Crippen LogP contribution is -2.55. The molecule has 5 unspecified atom stereocenters. The minimum absolute atomic E-state index is 0.155. The number of para-hydroxylation sites is 1. The van der Waals surface area contributed by atoms with E-state index in [0.29, 0.717) is 18.4 Å². The van der Waals surface area contributed by atoms with Crippen LogP contribution in [0.15, 0.2) is 24.3 Å². The lowest BCUT2D eigenvalue weighted by atomic mass is 9.86. The van der Waals surface area contributed by atoms with Crippen molar-refractivity contribution in [1.29, 1.82) is 0 Å². The van der Waals surface area contributed by atoms with Gasteiger partial charge in [0.1, 0.15) is 18.0 Å². The van der Waals surface area contributed by atoms with Gasteiger partial charge in [0.25, 0.3) is 0 Å². The maximum atomic E-state index is 9.99. The van der Waals surface area contributed by atoms with E-state index in [9.17, 15) is 20.4 Å². The van der Waals surface area contributed by atoms with Crippen LogP contribution in [-0.2, 0) is 11.2 Å². The van der Waals surface area contributed by atoms with E-state index in [4.69, 9.17) is 9.84 Å². The normalized spacial score (nSPS) is 34.1. The zero-order valence-electron chi connectivity index (χ0n) is 11.0. The van der Waals surface area contributed by atoms with Crippen LogP contribution in [0.25, 0.3) is 0 Å². The van der Waals surface area contributed by atoms with E-state index in [-0.39, 0.29) is 5.75 Å². The second-order valence-electron chi connectivity index (χ2n) is 5.06. The van der Waals surface area contributed by atoms with E-state index in [0.717, 1.165) is 0 Å². The van der Waals surface area contributed by atoms with Crippen LogP contribution in [-0.4, -0.2) is 56.7 Å². The Bertz CT molecular complexity index is 437. The van der Waals surface area contributed by atoms with Gasteiger partial charge in [-0.05, 0) is 24.5 Å². The Morgan fingerprint density at radius 1 is 1.05 bits per heavy atom. The second-order valence-corrected chi connectivity index (χ2v) is 5.06. The van der Waals surface area contributed by atoms with Crippen LogP contribution in [0.1, 0.15) is 12.0 Å². The molecule has 20 heavy (non-hydrogen) atoms. The molecular formula is C14H20O6. The zero-order chi connectivity index (χ0) is 14.7. The molecule has 2 rings (SSSR count). The first kappa shape index (κ1) is 15.2. The van der Waals surface area contributed by atoms with Crippen molar-refractivity contribution < 1.29 is 30.3 Å². The van der Waals surface area contributed by atoms with Crippen LogP contribution < -0.4 is 0 Å². The van der Waals surface area contributed by atoms with Gasteiger partial charge in [-0.1, -0.05) is 18.2 Å². The van der Waals surface area contributed by atoms with Crippen molar-refractivity contribution in [2.45, 2.75) is 37.4 Å². The highest BCUT2D eigenvalue weighted by molar-refractivity contribution is 5.31. The van der Waals surface area contributed by atoms with Crippen LogP contribution >= 0.6 is 0 Å². The van der Waals surface area contributed by atoms with Gasteiger partial charge >= 0.3 is 0 Å². The molecule has 1 aromatic carbocycles. The second kappa shape index (κ2) is 6.51. The summed E-state index contributed by atoms with van der Waals surface area (Å²) in [6.45, 7) is -0.471. The third-order valence-corrected chi connectivity index (χ3v) is 3.77. The topological polar surface area (TPSA) is 110 Å². The zero-order valence-corrected chi connectivity index (χ0v) is 11.0. The van der Waals surface area contributed by atoms with Gasteiger partial charge in [0.05, 0.1) is 12.7 Å². The standard InChI is InChI=1S/C14H20O6/c15-7-11-13(18)12(17)9(14(19)20-11)6-5-8-3-1-2-4-10(8)16/h1-4,9,11-19H,5-7H2. The number of aliphatic hydroxyl groups excluding tert-OH is 4. The molecule has 0 spiro atoms. The maximum Gasteiger partial charge on any atom is 0.160 e. The Balaban J connectivity index is 2.00. The number of ether oxygens (including phenoxy) is 1. The SMILES string of the molecule is OCC1OC(O)C(CCc2ccccc2O)C(O)C1O. The Kier molecular flexibility index (Phi) is 4.95. The predicted molar refractivity (Wildman–Crippen MR) is 69.9 cm³/mol. The van der Waals surface area contributed by atoms with E-state index in [1.165, 1.54) is 0 Å². The lowest BCUT2D eigenvalue weighted by Gasteiger charge is -2.40. The van der Waals surface area contributed by atoms with Crippen molar-refractivity contribution in [3.8, 4) is 5.75 Å². The summed E-state index contributed by atoms with van der Waals surface area (Å²) in [4.78, 5) is 0. The summed E-state index contributed by atoms with van der Waals surface area (Å²) >= 11 is 0. The van der Waals surface area contributed by atoms with Crippen molar-refractivity contribution in [3.05, 3.63) is 29.8 Å². The molecular weight excluding hydrogens is 264 g/mol. The summed E-state index contributed by atoms with van der Waals surface area (Å²) in [5, 5.41) is 48.3. The molecule has 0 aliphatic carbocycles. The highest BCUT2D eigenvalue weighted by Crippen LogP contribution is 2.29. The van der Waals surface area contributed by atoms with Gasteiger partial charge in [-0.15, -0.1) is 0 Å². The van der Waals surface area contributed by atoms with Crippen LogP contribution in [0, 0.1) is 5.92 Å². The monoisotopic (exact) mass is 284 g/mol. The minimum Gasteiger partial charge on any atom is -0.508 e. The van der Waals surface area contributed by atoms with Crippen molar-refractivity contribution in [1.82, 2.24) is 0 Å². The number of aromatic hydroxyl groups is 1. The van der Waals surface area contributed by atoms with Crippen LogP contribution in [0.2, 0.25) is 0 Å². The van der Waals surface area contributed by atoms with Crippen molar-refractivity contribution in [2.75, 3.05) is 6.61 Å². The number of aryl methyl sites for hydroxylation is 1. The highest BCUT2D eigenvalue weighted by atomic mass is 16.6. The third-order valence-electron chi connectivity index (χ3n) is 3.77. The fourth-order valence-corrected chi connectivity index (χ4v) is 2.51. The van der Waals surface area contributed by atoms with Crippen molar-refractivity contribution >= 4 is 0 Å². The Morgan fingerprint density at radius 2 is 1.75 bits per heavy atom. The molecule has 1 saturated heterocycles. The molecule has 1 aliphatic heterocycles. The number of rotatable bonds is 4. The summed E-state index contributed by atoms with van der Waals surface area (Å²) in [7, 11) is 0. The predicted octanol–water partition coefficient (Wildman–Crippen LogP) is -0.628. The van der Waals surface area contributed by atoms with E-state index < -0.39 is 37.1 Å². The number of phenolic OH excluding ortho intramolecular Hbond substituents is 1. The summed E-state index contributed by atoms with van der Waals surface area (Å²) in [6, 6.07) is 6.82. The van der Waals surface area contributed by atoms with Crippen LogP contribution in [0.5, 0.6) is 5.75 Å². The van der Waals surface area contributed by atoms with E-state index >= 15 is 0 Å². The van der Waals surface area contributed by atoms with Gasteiger partial charge in [0.2, 0.25) is 0 Å². The summed E-state index contributed by atoms with van der Waals surface area (Å²) in [5.74, 6) is -0.519. The number of aliphatic hydroxyl groups is 4. The molecule has 0 radical (unpaired) electrons. The molecule has 1 heterocycles. The molecule has 6 nitrogen and oxygen atoms in total. The van der Waals surface area contributed by atoms with Crippen molar-refractivity contribution in [2.24, 2.45) is 5.92 Å². The summed E-state index contributed by atoms with van der Waals surface area (Å²) < 4.78 is 5.08. The summed E-state index contributed by atoms with van der Waals surface area (Å²) in [6.07, 6.45) is -3.88. The van der Waals surface area contributed by atoms with Gasteiger partial charge in [-0.3, -0.25) is 0 Å². The number of hydrogen-bond acceptors (Lipinski definition) is 6. The minimum atomic E-state index is -1.25.